The number of aliphatic hydroxyl groups is 2. The number of pyridine rings is 1. The van der Waals surface area contributed by atoms with Gasteiger partial charge in [0.25, 0.3) is 5.91 Å². The van der Waals surface area contributed by atoms with Crippen LogP contribution in [-0.2, 0) is 9.84 Å². The molecule has 3 rings (SSSR count). The molecule has 0 saturated heterocycles. The molecule has 3 atom stereocenters. The number of rotatable bonds is 7. The van der Waals surface area contributed by atoms with Gasteiger partial charge < -0.3 is 20.3 Å². The number of amides is 1. The molecule has 1 aromatic carbocycles. The molecule has 1 aromatic heterocycles. The molecule has 1 heterocycles. The summed E-state index contributed by atoms with van der Waals surface area (Å²) >= 11 is 0. The van der Waals surface area contributed by atoms with Gasteiger partial charge in [-0.15, -0.1) is 0 Å². The van der Waals surface area contributed by atoms with Gasteiger partial charge in [0.15, 0.2) is 9.84 Å². The second-order valence-corrected chi connectivity index (χ2v) is 9.52. The van der Waals surface area contributed by atoms with E-state index in [1.165, 1.54) is 18.3 Å². The van der Waals surface area contributed by atoms with Crippen LogP contribution < -0.4 is 10.1 Å². The first-order chi connectivity index (χ1) is 13.7. The van der Waals surface area contributed by atoms with E-state index in [2.05, 4.69) is 10.3 Å². The first kappa shape index (κ1) is 21.2. The Hall–Kier alpha value is -2.49. The molecule has 2 aromatic rings. The number of benzene rings is 1. The van der Waals surface area contributed by atoms with Crippen molar-refractivity contribution in [3.8, 4) is 5.75 Å². The molecule has 1 aliphatic rings. The van der Waals surface area contributed by atoms with Crippen LogP contribution in [-0.4, -0.2) is 61.1 Å². The fraction of sp³-hybridized carbons (Fsp3) is 0.400. The van der Waals surface area contributed by atoms with Gasteiger partial charge in [0, 0.05) is 30.6 Å². The summed E-state index contributed by atoms with van der Waals surface area (Å²) in [7, 11) is -3.30. The number of hydrogen-bond acceptors (Lipinski definition) is 7. The summed E-state index contributed by atoms with van der Waals surface area (Å²) < 4.78 is 28.9. The van der Waals surface area contributed by atoms with Crippen LogP contribution in [0.25, 0.3) is 0 Å². The lowest BCUT2D eigenvalue weighted by Gasteiger charge is -2.29. The number of carbonyl (C=O) groups excluding carboxylic acids is 1. The largest absolute Gasteiger partial charge is 0.493 e. The molecule has 0 bridgehead atoms. The molecule has 0 aliphatic heterocycles. The van der Waals surface area contributed by atoms with Gasteiger partial charge in [-0.25, -0.2) is 8.42 Å². The van der Waals surface area contributed by atoms with Crippen LogP contribution in [0.3, 0.4) is 0 Å². The van der Waals surface area contributed by atoms with Crippen LogP contribution in [0.4, 0.5) is 0 Å². The molecule has 1 unspecified atom stereocenters. The van der Waals surface area contributed by atoms with E-state index in [1.54, 1.807) is 30.5 Å². The Kier molecular flexibility index (Phi) is 6.21. The van der Waals surface area contributed by atoms with Gasteiger partial charge in [0.05, 0.1) is 29.3 Å². The standard InChI is InChI=1S/C20H24N2O6S/c1-29(26,27)16-6-4-15(5-7-16)28-13-20(9-17(23)18(24)10-20)12-22-19(25)14-3-2-8-21-11-14/h2-8,11,17-18,23-24H,9-10,12-13H2,1H3,(H,22,25)/t17-,18+,20?. The van der Waals surface area contributed by atoms with Crippen molar-refractivity contribution in [2.24, 2.45) is 5.41 Å². The minimum absolute atomic E-state index is 0.145. The second kappa shape index (κ2) is 8.48. The molecule has 1 saturated carbocycles. The van der Waals surface area contributed by atoms with E-state index in [4.69, 9.17) is 4.74 Å². The normalized spacial score (nSPS) is 24.2. The highest BCUT2D eigenvalue weighted by Gasteiger charge is 2.45. The topological polar surface area (TPSA) is 126 Å². The van der Waals surface area contributed by atoms with Crippen LogP contribution in [0.2, 0.25) is 0 Å². The summed E-state index contributed by atoms with van der Waals surface area (Å²) in [4.78, 5) is 16.4. The highest BCUT2D eigenvalue weighted by atomic mass is 32.2. The van der Waals surface area contributed by atoms with Crippen molar-refractivity contribution >= 4 is 15.7 Å². The number of ether oxygens (including phenoxy) is 1. The van der Waals surface area contributed by atoms with Crippen molar-refractivity contribution in [1.29, 1.82) is 0 Å². The molecule has 1 fully saturated rings. The lowest BCUT2D eigenvalue weighted by molar-refractivity contribution is 0.0438. The van der Waals surface area contributed by atoms with Gasteiger partial charge in [-0.05, 0) is 49.2 Å². The van der Waals surface area contributed by atoms with Gasteiger partial charge in [-0.1, -0.05) is 0 Å². The predicted molar refractivity (Wildman–Crippen MR) is 105 cm³/mol. The van der Waals surface area contributed by atoms with Gasteiger partial charge in [-0.2, -0.15) is 0 Å². The smallest absolute Gasteiger partial charge is 0.252 e. The number of carbonyl (C=O) groups is 1. The van der Waals surface area contributed by atoms with Gasteiger partial charge >= 0.3 is 0 Å². The number of nitrogens with one attached hydrogen (secondary N) is 1. The van der Waals surface area contributed by atoms with Crippen LogP contribution >= 0.6 is 0 Å². The molecule has 0 spiro atoms. The summed E-state index contributed by atoms with van der Waals surface area (Å²) in [6.07, 6.45) is 2.89. The molecule has 156 valence electrons. The SMILES string of the molecule is CS(=O)(=O)c1ccc(OCC2(CNC(=O)c3cccnc3)C[C@@H](O)[C@@H](O)C2)cc1. The maximum Gasteiger partial charge on any atom is 0.252 e. The van der Waals surface area contributed by atoms with Gasteiger partial charge in [-0.3, -0.25) is 9.78 Å². The predicted octanol–water partition coefficient (Wildman–Crippen LogP) is 0.796. The third kappa shape index (κ3) is 5.31. The zero-order valence-corrected chi connectivity index (χ0v) is 16.8. The average Bonchev–Trinajstić information content (AvgIpc) is 2.99. The van der Waals surface area contributed by atoms with Crippen LogP contribution in [0.1, 0.15) is 23.2 Å². The molecule has 1 amide bonds. The van der Waals surface area contributed by atoms with Gasteiger partial charge in [0.2, 0.25) is 0 Å². The number of sulfone groups is 1. The molecule has 0 radical (unpaired) electrons. The van der Waals surface area contributed by atoms with Crippen molar-refractivity contribution in [3.63, 3.8) is 0 Å². The fourth-order valence-electron chi connectivity index (χ4n) is 3.44. The van der Waals surface area contributed by atoms with Crippen LogP contribution in [0.5, 0.6) is 5.75 Å². The quantitative estimate of drug-likeness (QED) is 0.605. The maximum atomic E-state index is 12.3. The van der Waals surface area contributed by atoms with E-state index in [0.717, 1.165) is 6.26 Å². The summed E-state index contributed by atoms with van der Waals surface area (Å²) in [6, 6.07) is 9.34. The number of aliphatic hydroxyl groups excluding tert-OH is 2. The third-order valence-electron chi connectivity index (χ3n) is 5.07. The minimum atomic E-state index is -3.30. The third-order valence-corrected chi connectivity index (χ3v) is 6.20. The molecular formula is C20H24N2O6S. The molecule has 29 heavy (non-hydrogen) atoms. The van der Waals surface area contributed by atoms with Crippen molar-refractivity contribution < 1.29 is 28.2 Å². The highest BCUT2D eigenvalue weighted by molar-refractivity contribution is 7.90. The Balaban J connectivity index is 1.68. The summed E-state index contributed by atoms with van der Waals surface area (Å²) in [5.41, 5.74) is -0.245. The summed E-state index contributed by atoms with van der Waals surface area (Å²) in [6.45, 7) is 0.350. The van der Waals surface area contributed by atoms with E-state index < -0.39 is 27.5 Å². The molecule has 9 heteroatoms. The van der Waals surface area contributed by atoms with E-state index >= 15 is 0 Å². The number of nitrogens with zero attached hydrogens (tertiary/aromatic N) is 1. The Morgan fingerprint density at radius 2 is 1.86 bits per heavy atom. The number of hydrogen-bond donors (Lipinski definition) is 3. The van der Waals surface area contributed by atoms with Crippen molar-refractivity contribution in [2.45, 2.75) is 29.9 Å². The second-order valence-electron chi connectivity index (χ2n) is 7.50. The van der Waals surface area contributed by atoms with Crippen LogP contribution in [0, 0.1) is 5.41 Å². The van der Waals surface area contributed by atoms with E-state index in [0.29, 0.717) is 11.3 Å². The summed E-state index contributed by atoms with van der Waals surface area (Å²) in [5, 5.41) is 22.9. The fourth-order valence-corrected chi connectivity index (χ4v) is 4.07. The monoisotopic (exact) mass is 420 g/mol. The van der Waals surface area contributed by atoms with E-state index in [-0.39, 0.29) is 36.8 Å². The summed E-state index contributed by atoms with van der Waals surface area (Å²) in [5.74, 6) is 0.164. The minimum Gasteiger partial charge on any atom is -0.493 e. The van der Waals surface area contributed by atoms with Gasteiger partial charge in [0.1, 0.15) is 5.75 Å². The lowest BCUT2D eigenvalue weighted by Crippen LogP contribution is -2.40. The zero-order valence-electron chi connectivity index (χ0n) is 16.0. The molecule has 8 nitrogen and oxygen atoms in total. The molecule has 3 N–H and O–H groups in total. The zero-order chi connectivity index (χ0) is 21.1. The van der Waals surface area contributed by atoms with Crippen molar-refractivity contribution in [1.82, 2.24) is 10.3 Å². The maximum absolute atomic E-state index is 12.3. The van der Waals surface area contributed by atoms with Crippen molar-refractivity contribution in [3.05, 3.63) is 54.4 Å². The Morgan fingerprint density at radius 3 is 2.41 bits per heavy atom. The lowest BCUT2D eigenvalue weighted by atomic mass is 9.86. The Bertz CT molecular complexity index is 937. The first-order valence-corrected chi connectivity index (χ1v) is 11.0. The van der Waals surface area contributed by atoms with Crippen molar-refractivity contribution in [2.75, 3.05) is 19.4 Å². The number of aromatic nitrogens is 1. The average molecular weight is 420 g/mol. The van der Waals surface area contributed by atoms with E-state index in [9.17, 15) is 23.4 Å². The Labute approximate surface area is 169 Å². The Morgan fingerprint density at radius 1 is 1.21 bits per heavy atom. The van der Waals surface area contributed by atoms with E-state index in [1.807, 2.05) is 0 Å². The first-order valence-electron chi connectivity index (χ1n) is 9.16. The van der Waals surface area contributed by atoms with Crippen LogP contribution in [0.15, 0.2) is 53.7 Å². The molecule has 1 aliphatic carbocycles. The highest BCUT2D eigenvalue weighted by Crippen LogP contribution is 2.38. The molecular weight excluding hydrogens is 396 g/mol.